The summed E-state index contributed by atoms with van der Waals surface area (Å²) in [7, 11) is 0. The van der Waals surface area contributed by atoms with E-state index in [1.807, 2.05) is 48.5 Å². The van der Waals surface area contributed by atoms with Gasteiger partial charge in [0, 0.05) is 9.79 Å². The van der Waals surface area contributed by atoms with Crippen molar-refractivity contribution in [1.29, 1.82) is 0 Å². The van der Waals surface area contributed by atoms with Gasteiger partial charge < -0.3 is 0 Å². The molecule has 2 heterocycles. The molecular formula is C20H16N2O4S3. The summed E-state index contributed by atoms with van der Waals surface area (Å²) in [5.74, 6) is -0.451. The maximum absolute atomic E-state index is 11.7. The summed E-state index contributed by atoms with van der Waals surface area (Å²) in [4.78, 5) is 48.0. The molecule has 2 aliphatic rings. The number of carbonyl (C=O) groups is 4. The van der Waals surface area contributed by atoms with E-state index in [0.717, 1.165) is 44.4 Å². The zero-order chi connectivity index (χ0) is 20.4. The van der Waals surface area contributed by atoms with Crippen LogP contribution in [0.1, 0.15) is 11.1 Å². The lowest BCUT2D eigenvalue weighted by molar-refractivity contribution is -0.119. The Kier molecular flexibility index (Phi) is 5.98. The molecule has 9 heteroatoms. The van der Waals surface area contributed by atoms with Gasteiger partial charge in [0.2, 0.25) is 11.8 Å². The maximum Gasteiger partial charge on any atom is 0.286 e. The van der Waals surface area contributed by atoms with E-state index >= 15 is 0 Å². The molecular weight excluding hydrogens is 428 g/mol. The number of imide groups is 2. The Morgan fingerprint density at radius 3 is 1.34 bits per heavy atom. The first-order valence-corrected chi connectivity index (χ1v) is 11.4. The minimum absolute atomic E-state index is 0.226. The molecule has 2 unspecified atom stereocenters. The highest BCUT2D eigenvalue weighted by Gasteiger charge is 2.32. The van der Waals surface area contributed by atoms with Crippen molar-refractivity contribution in [3.63, 3.8) is 0 Å². The van der Waals surface area contributed by atoms with Crippen LogP contribution in [-0.4, -0.2) is 32.8 Å². The fourth-order valence-corrected chi connectivity index (χ4v) is 5.54. The van der Waals surface area contributed by atoms with Crippen LogP contribution in [0.3, 0.4) is 0 Å². The van der Waals surface area contributed by atoms with Gasteiger partial charge in [0.1, 0.15) is 0 Å². The molecule has 6 nitrogen and oxygen atoms in total. The lowest BCUT2D eigenvalue weighted by Crippen LogP contribution is -2.25. The zero-order valence-electron chi connectivity index (χ0n) is 15.0. The summed E-state index contributed by atoms with van der Waals surface area (Å²) < 4.78 is 0. The number of carbonyl (C=O) groups excluding carboxylic acids is 4. The second-order valence-electron chi connectivity index (χ2n) is 6.56. The highest BCUT2D eigenvalue weighted by Crippen LogP contribution is 2.30. The van der Waals surface area contributed by atoms with E-state index in [1.165, 1.54) is 0 Å². The lowest BCUT2D eigenvalue weighted by Gasteiger charge is -2.08. The quantitative estimate of drug-likeness (QED) is 0.703. The van der Waals surface area contributed by atoms with Crippen molar-refractivity contribution in [2.45, 2.75) is 33.1 Å². The Bertz CT molecular complexity index is 897. The Morgan fingerprint density at radius 1 is 0.655 bits per heavy atom. The van der Waals surface area contributed by atoms with Gasteiger partial charge in [-0.15, -0.1) is 0 Å². The molecule has 0 aliphatic carbocycles. The van der Waals surface area contributed by atoms with Gasteiger partial charge in [0.25, 0.3) is 10.5 Å². The van der Waals surface area contributed by atoms with Crippen LogP contribution in [0.4, 0.5) is 9.59 Å². The number of hydrogen-bond acceptors (Lipinski definition) is 7. The summed E-state index contributed by atoms with van der Waals surface area (Å²) >= 11 is 3.69. The molecule has 2 atom stereocenters. The van der Waals surface area contributed by atoms with Gasteiger partial charge >= 0.3 is 0 Å². The SMILES string of the molecule is O=C1NC(=O)C(Cc2ccc(Sc3ccc(CC4SC(=O)NC4=O)cc3)cc2)S1. The van der Waals surface area contributed by atoms with Crippen LogP contribution in [0, 0.1) is 0 Å². The van der Waals surface area contributed by atoms with Crippen LogP contribution < -0.4 is 10.6 Å². The van der Waals surface area contributed by atoms with Gasteiger partial charge in [0.15, 0.2) is 0 Å². The number of benzene rings is 2. The second-order valence-corrected chi connectivity index (χ2v) is 10.1. The van der Waals surface area contributed by atoms with Gasteiger partial charge in [-0.2, -0.15) is 0 Å². The number of amides is 4. The van der Waals surface area contributed by atoms with E-state index in [0.29, 0.717) is 12.8 Å². The first-order valence-electron chi connectivity index (χ1n) is 8.85. The summed E-state index contributed by atoms with van der Waals surface area (Å²) in [5.41, 5.74) is 2.02. The molecule has 2 fully saturated rings. The van der Waals surface area contributed by atoms with Crippen LogP contribution in [0.5, 0.6) is 0 Å². The van der Waals surface area contributed by atoms with E-state index in [1.54, 1.807) is 11.8 Å². The van der Waals surface area contributed by atoms with E-state index in [9.17, 15) is 19.2 Å². The van der Waals surface area contributed by atoms with Gasteiger partial charge in [-0.05, 0) is 48.2 Å². The van der Waals surface area contributed by atoms with Crippen molar-refractivity contribution in [3.05, 3.63) is 59.7 Å². The number of hydrogen-bond donors (Lipinski definition) is 2. The molecule has 4 amide bonds. The summed E-state index contributed by atoms with van der Waals surface area (Å²) in [6.07, 6.45) is 1.05. The van der Waals surface area contributed by atoms with Crippen molar-refractivity contribution >= 4 is 57.6 Å². The first kappa shape index (κ1) is 20.1. The van der Waals surface area contributed by atoms with Gasteiger partial charge in [-0.25, -0.2) is 0 Å². The van der Waals surface area contributed by atoms with Crippen molar-refractivity contribution in [2.24, 2.45) is 0 Å². The summed E-state index contributed by atoms with van der Waals surface area (Å²) in [6.45, 7) is 0. The molecule has 2 aliphatic heterocycles. The second kappa shape index (κ2) is 8.64. The number of rotatable bonds is 6. The smallest absolute Gasteiger partial charge is 0.286 e. The Balaban J connectivity index is 1.33. The zero-order valence-corrected chi connectivity index (χ0v) is 17.5. The monoisotopic (exact) mass is 444 g/mol. The van der Waals surface area contributed by atoms with Crippen LogP contribution in [0.15, 0.2) is 58.3 Å². The summed E-state index contributed by atoms with van der Waals surface area (Å²) in [5, 5.41) is 3.33. The Morgan fingerprint density at radius 2 is 1.03 bits per heavy atom. The van der Waals surface area contributed by atoms with Crippen LogP contribution in [-0.2, 0) is 22.4 Å². The third-order valence-corrected chi connectivity index (χ3v) is 7.44. The average molecular weight is 445 g/mol. The van der Waals surface area contributed by atoms with E-state index in [2.05, 4.69) is 10.6 Å². The highest BCUT2D eigenvalue weighted by molar-refractivity contribution is 8.15. The molecule has 2 saturated heterocycles. The minimum Gasteiger partial charge on any atom is -0.286 e. The van der Waals surface area contributed by atoms with Crippen LogP contribution in [0.2, 0.25) is 0 Å². The molecule has 2 aromatic carbocycles. The van der Waals surface area contributed by atoms with E-state index < -0.39 is 0 Å². The normalized spacial score (nSPS) is 21.4. The number of thioether (sulfide) groups is 2. The summed E-state index contributed by atoms with van der Waals surface area (Å²) in [6, 6.07) is 15.9. The maximum atomic E-state index is 11.7. The van der Waals surface area contributed by atoms with Crippen molar-refractivity contribution in [2.75, 3.05) is 0 Å². The molecule has 0 aromatic heterocycles. The molecule has 4 rings (SSSR count). The number of nitrogens with one attached hydrogen (secondary N) is 2. The van der Waals surface area contributed by atoms with E-state index in [-0.39, 0.29) is 32.8 Å². The average Bonchev–Trinajstić information content (AvgIpc) is 3.18. The highest BCUT2D eigenvalue weighted by atomic mass is 32.2. The Labute approximate surface area is 180 Å². The molecule has 0 radical (unpaired) electrons. The first-order chi connectivity index (χ1) is 14.0. The molecule has 2 N–H and O–H groups in total. The molecule has 0 spiro atoms. The van der Waals surface area contributed by atoms with Crippen LogP contribution in [0.25, 0.3) is 0 Å². The molecule has 2 aromatic rings. The largest absolute Gasteiger partial charge is 0.286 e. The minimum atomic E-state index is -0.357. The van der Waals surface area contributed by atoms with Crippen LogP contribution >= 0.6 is 35.3 Å². The van der Waals surface area contributed by atoms with Gasteiger partial charge in [-0.1, -0.05) is 59.6 Å². The molecule has 0 bridgehead atoms. The van der Waals surface area contributed by atoms with Crippen molar-refractivity contribution in [1.82, 2.24) is 10.6 Å². The molecule has 0 saturated carbocycles. The van der Waals surface area contributed by atoms with Crippen molar-refractivity contribution in [3.8, 4) is 0 Å². The van der Waals surface area contributed by atoms with Gasteiger partial charge in [-0.3, -0.25) is 29.8 Å². The predicted octanol–water partition coefficient (Wildman–Crippen LogP) is 3.63. The third kappa shape index (κ3) is 5.04. The standard InChI is InChI=1S/C20H16N2O4S3/c23-17-15(28-19(25)21-17)9-11-1-5-13(6-2-11)27-14-7-3-12(4-8-14)10-16-18(24)22-20(26)29-16/h1-8,15-16H,9-10H2,(H,21,23,25)(H,22,24,26). The van der Waals surface area contributed by atoms with Crippen molar-refractivity contribution < 1.29 is 19.2 Å². The predicted molar refractivity (Wildman–Crippen MR) is 114 cm³/mol. The fourth-order valence-electron chi connectivity index (χ4n) is 3.01. The molecule has 148 valence electrons. The Hall–Kier alpha value is -2.23. The third-order valence-electron chi connectivity index (χ3n) is 4.46. The van der Waals surface area contributed by atoms with E-state index in [4.69, 9.17) is 0 Å². The topological polar surface area (TPSA) is 92.3 Å². The molecule has 29 heavy (non-hydrogen) atoms. The lowest BCUT2D eigenvalue weighted by atomic mass is 10.1. The fraction of sp³-hybridized carbons (Fsp3) is 0.200. The van der Waals surface area contributed by atoms with Gasteiger partial charge in [0.05, 0.1) is 10.5 Å².